The molecule has 4 nitrogen and oxygen atoms in total. The van der Waals surface area contributed by atoms with E-state index in [9.17, 15) is 4.79 Å². The van der Waals surface area contributed by atoms with Gasteiger partial charge in [0.05, 0.1) is 12.7 Å². The molecule has 2 aromatic rings. The molecule has 1 aromatic heterocycles. The molecule has 0 aliphatic rings. The van der Waals surface area contributed by atoms with Crippen LogP contribution >= 0.6 is 0 Å². The Balaban J connectivity index is 2.80. The Kier molecular flexibility index (Phi) is 2.95. The van der Waals surface area contributed by atoms with Crippen LogP contribution in [-0.2, 0) is 6.42 Å². The van der Waals surface area contributed by atoms with E-state index in [4.69, 9.17) is 9.84 Å². The normalized spacial score (nSPS) is 10.5. The van der Waals surface area contributed by atoms with Gasteiger partial charge in [-0.3, -0.25) is 4.98 Å². The summed E-state index contributed by atoms with van der Waals surface area (Å²) in [6, 6.07) is 5.03. The first-order chi connectivity index (χ1) is 8.17. The van der Waals surface area contributed by atoms with Crippen LogP contribution < -0.4 is 4.74 Å². The van der Waals surface area contributed by atoms with Gasteiger partial charge in [-0.2, -0.15) is 0 Å². The number of carboxylic acids is 1. The van der Waals surface area contributed by atoms with Gasteiger partial charge >= 0.3 is 5.97 Å². The number of aromatic carboxylic acids is 1. The molecule has 0 bridgehead atoms. The minimum absolute atomic E-state index is 0.253. The first kappa shape index (κ1) is 11.4. The van der Waals surface area contributed by atoms with Gasteiger partial charge in [0, 0.05) is 11.6 Å². The molecule has 0 radical (unpaired) electrons. The van der Waals surface area contributed by atoms with Crippen LogP contribution in [0.4, 0.5) is 0 Å². The third-order valence-corrected chi connectivity index (χ3v) is 2.73. The molecule has 0 unspecified atom stereocenters. The van der Waals surface area contributed by atoms with Crippen molar-refractivity contribution in [1.82, 2.24) is 4.98 Å². The summed E-state index contributed by atoms with van der Waals surface area (Å²) in [6.07, 6.45) is 2.57. The highest BCUT2D eigenvalue weighted by Gasteiger charge is 2.13. The van der Waals surface area contributed by atoms with Gasteiger partial charge in [-0.1, -0.05) is 6.92 Å². The number of aromatic nitrogens is 1. The van der Waals surface area contributed by atoms with Gasteiger partial charge in [-0.15, -0.1) is 0 Å². The van der Waals surface area contributed by atoms with E-state index in [0.717, 1.165) is 12.0 Å². The number of carboxylic acid groups (broad SMARTS) is 1. The van der Waals surface area contributed by atoms with Crippen molar-refractivity contribution in [3.63, 3.8) is 0 Å². The van der Waals surface area contributed by atoms with Gasteiger partial charge in [0.1, 0.15) is 11.3 Å². The number of nitrogens with zero attached hydrogens (tertiary/aromatic N) is 1. The largest absolute Gasteiger partial charge is 0.494 e. The molecular weight excluding hydrogens is 218 g/mol. The summed E-state index contributed by atoms with van der Waals surface area (Å²) < 4.78 is 5.18. The molecule has 0 saturated carbocycles. The summed E-state index contributed by atoms with van der Waals surface area (Å²) >= 11 is 0. The van der Waals surface area contributed by atoms with Gasteiger partial charge in [-0.05, 0) is 30.2 Å². The lowest BCUT2D eigenvalue weighted by atomic mass is 10.0. The fraction of sp³-hybridized carbons (Fsp3) is 0.231. The van der Waals surface area contributed by atoms with E-state index >= 15 is 0 Å². The van der Waals surface area contributed by atoms with Crippen molar-refractivity contribution in [3.8, 4) is 5.75 Å². The Morgan fingerprint density at radius 2 is 2.24 bits per heavy atom. The Morgan fingerprint density at radius 1 is 1.47 bits per heavy atom. The molecule has 2 rings (SSSR count). The van der Waals surface area contributed by atoms with Crippen LogP contribution in [0.25, 0.3) is 10.9 Å². The number of benzene rings is 1. The van der Waals surface area contributed by atoms with Crippen molar-refractivity contribution in [2.24, 2.45) is 0 Å². The standard InChI is InChI=1S/C13H13NO3/c1-3-8-6-10-9(13(15)16)4-5-11(17-2)12(10)14-7-8/h4-7H,3H2,1-2H3,(H,15,16). The Hall–Kier alpha value is -2.10. The number of rotatable bonds is 3. The highest BCUT2D eigenvalue weighted by atomic mass is 16.5. The second-order valence-corrected chi connectivity index (χ2v) is 3.71. The maximum Gasteiger partial charge on any atom is 0.336 e. The summed E-state index contributed by atoms with van der Waals surface area (Å²) in [7, 11) is 1.55. The zero-order chi connectivity index (χ0) is 12.4. The van der Waals surface area contributed by atoms with Crippen LogP contribution in [0.5, 0.6) is 5.75 Å². The summed E-state index contributed by atoms with van der Waals surface area (Å²) in [4.78, 5) is 15.4. The number of hydrogen-bond acceptors (Lipinski definition) is 3. The van der Waals surface area contributed by atoms with Gasteiger partial charge in [0.15, 0.2) is 0 Å². The van der Waals surface area contributed by atoms with E-state index in [1.165, 1.54) is 0 Å². The fourth-order valence-corrected chi connectivity index (χ4v) is 1.78. The van der Waals surface area contributed by atoms with Crippen molar-refractivity contribution < 1.29 is 14.6 Å². The summed E-state index contributed by atoms with van der Waals surface area (Å²) in [6.45, 7) is 2.00. The molecule has 1 aromatic carbocycles. The zero-order valence-electron chi connectivity index (χ0n) is 9.73. The summed E-state index contributed by atoms with van der Waals surface area (Å²) in [5.41, 5.74) is 1.85. The second kappa shape index (κ2) is 4.41. The first-order valence-corrected chi connectivity index (χ1v) is 5.36. The van der Waals surface area contributed by atoms with Crippen molar-refractivity contribution >= 4 is 16.9 Å². The molecule has 0 aliphatic carbocycles. The quantitative estimate of drug-likeness (QED) is 0.881. The molecule has 0 saturated heterocycles. The number of fused-ring (bicyclic) bond motifs is 1. The number of hydrogen-bond donors (Lipinski definition) is 1. The van der Waals surface area contributed by atoms with Gasteiger partial charge < -0.3 is 9.84 Å². The van der Waals surface area contributed by atoms with E-state index in [1.54, 1.807) is 25.4 Å². The van der Waals surface area contributed by atoms with E-state index in [1.807, 2.05) is 13.0 Å². The molecular formula is C13H13NO3. The molecule has 0 aliphatic heterocycles. The summed E-state index contributed by atoms with van der Waals surface area (Å²) in [5, 5.41) is 9.76. The van der Waals surface area contributed by atoms with E-state index in [2.05, 4.69) is 4.98 Å². The van der Waals surface area contributed by atoms with Crippen LogP contribution in [0.3, 0.4) is 0 Å². The number of pyridine rings is 1. The Bertz CT molecular complexity index is 578. The molecule has 0 fully saturated rings. The van der Waals surface area contributed by atoms with Gasteiger partial charge in [0.2, 0.25) is 0 Å². The lowest BCUT2D eigenvalue weighted by Crippen LogP contribution is -2.00. The van der Waals surface area contributed by atoms with Crippen molar-refractivity contribution in [3.05, 3.63) is 35.5 Å². The lowest BCUT2D eigenvalue weighted by Gasteiger charge is -2.08. The second-order valence-electron chi connectivity index (χ2n) is 3.71. The predicted octanol–water partition coefficient (Wildman–Crippen LogP) is 2.50. The predicted molar refractivity (Wildman–Crippen MR) is 64.6 cm³/mol. The van der Waals surface area contributed by atoms with Crippen LogP contribution in [-0.4, -0.2) is 23.2 Å². The van der Waals surface area contributed by atoms with Crippen molar-refractivity contribution in [2.45, 2.75) is 13.3 Å². The number of carbonyl (C=O) groups is 1. The van der Waals surface area contributed by atoms with E-state index < -0.39 is 5.97 Å². The van der Waals surface area contributed by atoms with E-state index in [0.29, 0.717) is 16.7 Å². The smallest absolute Gasteiger partial charge is 0.336 e. The van der Waals surface area contributed by atoms with Gasteiger partial charge in [-0.25, -0.2) is 4.79 Å². The molecule has 1 N–H and O–H groups in total. The Morgan fingerprint density at radius 3 is 2.82 bits per heavy atom. The maximum atomic E-state index is 11.1. The average molecular weight is 231 g/mol. The maximum absolute atomic E-state index is 11.1. The summed E-state index contributed by atoms with van der Waals surface area (Å²) in [5.74, 6) is -0.361. The van der Waals surface area contributed by atoms with E-state index in [-0.39, 0.29) is 5.56 Å². The number of ether oxygens (including phenoxy) is 1. The fourth-order valence-electron chi connectivity index (χ4n) is 1.78. The first-order valence-electron chi connectivity index (χ1n) is 5.36. The molecule has 17 heavy (non-hydrogen) atoms. The van der Waals surface area contributed by atoms with Crippen LogP contribution in [0.2, 0.25) is 0 Å². The molecule has 88 valence electrons. The van der Waals surface area contributed by atoms with Crippen LogP contribution in [0.1, 0.15) is 22.8 Å². The van der Waals surface area contributed by atoms with Crippen LogP contribution in [0.15, 0.2) is 24.4 Å². The number of methoxy groups -OCH3 is 1. The minimum atomic E-state index is -0.951. The average Bonchev–Trinajstić information content (AvgIpc) is 2.36. The van der Waals surface area contributed by atoms with Crippen molar-refractivity contribution in [2.75, 3.05) is 7.11 Å². The monoisotopic (exact) mass is 231 g/mol. The molecule has 0 amide bonds. The third-order valence-electron chi connectivity index (χ3n) is 2.73. The van der Waals surface area contributed by atoms with Crippen molar-refractivity contribution in [1.29, 1.82) is 0 Å². The molecule has 4 heteroatoms. The SMILES string of the molecule is CCc1cnc2c(OC)ccc(C(=O)O)c2c1. The molecule has 0 atom stereocenters. The lowest BCUT2D eigenvalue weighted by molar-refractivity contribution is 0.0699. The van der Waals surface area contributed by atoms with Crippen LogP contribution in [0, 0.1) is 0 Å². The Labute approximate surface area is 98.9 Å². The molecule has 0 spiro atoms. The topological polar surface area (TPSA) is 59.4 Å². The zero-order valence-corrected chi connectivity index (χ0v) is 9.73. The number of aryl methyl sites for hydroxylation is 1. The highest BCUT2D eigenvalue weighted by molar-refractivity contribution is 6.04. The third kappa shape index (κ3) is 1.93. The minimum Gasteiger partial charge on any atom is -0.494 e. The van der Waals surface area contributed by atoms with Gasteiger partial charge in [0.25, 0.3) is 0 Å². The molecule has 1 heterocycles. The highest BCUT2D eigenvalue weighted by Crippen LogP contribution is 2.27.